The Kier molecular flexibility index (Phi) is 8.40. The van der Waals surface area contributed by atoms with Gasteiger partial charge in [0, 0.05) is 10.8 Å². The molecule has 0 aliphatic heterocycles. The molecule has 0 heterocycles. The van der Waals surface area contributed by atoms with Crippen molar-refractivity contribution in [3.63, 3.8) is 0 Å². The second kappa shape index (κ2) is 8.94. The zero-order chi connectivity index (χ0) is 23.6. The third-order valence-electron chi connectivity index (χ3n) is 4.10. The van der Waals surface area contributed by atoms with E-state index in [-0.39, 0.29) is 0 Å². The van der Waals surface area contributed by atoms with Crippen molar-refractivity contribution in [1.29, 1.82) is 0 Å². The zero-order valence-corrected chi connectivity index (χ0v) is 20.0. The van der Waals surface area contributed by atoms with E-state index >= 15 is 0 Å². The van der Waals surface area contributed by atoms with Gasteiger partial charge < -0.3 is 14.2 Å². The molecule has 29 heavy (non-hydrogen) atoms. The fourth-order valence-electron chi connectivity index (χ4n) is 2.85. The fourth-order valence-corrected chi connectivity index (χ4v) is 2.85. The first-order valence-corrected chi connectivity index (χ1v) is 9.91. The van der Waals surface area contributed by atoms with Gasteiger partial charge in [0.25, 0.3) is 0 Å². The lowest BCUT2D eigenvalue weighted by Gasteiger charge is -2.40. The summed E-state index contributed by atoms with van der Waals surface area (Å²) in [6.45, 7) is 18.7. The normalized spacial score (nSPS) is 16.8. The van der Waals surface area contributed by atoms with Crippen LogP contribution in [0.5, 0.6) is 0 Å². The first kappa shape index (κ1) is 27.2. The van der Waals surface area contributed by atoms with E-state index in [2.05, 4.69) is 0 Å². The average molecular weight is 415 g/mol. The van der Waals surface area contributed by atoms with Crippen LogP contribution in [0.1, 0.15) is 83.1 Å². The molecule has 0 radical (unpaired) electrons. The van der Waals surface area contributed by atoms with Gasteiger partial charge in [-0.05, 0) is 41.5 Å². The molecule has 0 aromatic carbocycles. The molecule has 0 spiro atoms. The summed E-state index contributed by atoms with van der Waals surface area (Å²) in [4.78, 5) is 52.3. The minimum atomic E-state index is -2.19. The molecular formula is C22H38O7. The predicted molar refractivity (Wildman–Crippen MR) is 109 cm³/mol. The van der Waals surface area contributed by atoms with E-state index in [1.54, 1.807) is 69.2 Å². The molecule has 0 rings (SSSR count). The van der Waals surface area contributed by atoms with Crippen LogP contribution in [0, 0.1) is 10.8 Å². The van der Waals surface area contributed by atoms with Crippen LogP contribution in [-0.2, 0) is 33.4 Å². The summed E-state index contributed by atoms with van der Waals surface area (Å²) in [7, 11) is 0. The van der Waals surface area contributed by atoms with Gasteiger partial charge in [-0.1, -0.05) is 41.5 Å². The number of hydrogen-bond donors (Lipinski definition) is 0. The lowest BCUT2D eigenvalue weighted by Crippen LogP contribution is -2.62. The third-order valence-corrected chi connectivity index (χ3v) is 4.10. The van der Waals surface area contributed by atoms with Crippen molar-refractivity contribution in [2.45, 2.75) is 106 Å². The van der Waals surface area contributed by atoms with Crippen LogP contribution in [0.2, 0.25) is 0 Å². The first-order chi connectivity index (χ1) is 12.7. The first-order valence-electron chi connectivity index (χ1n) is 9.91. The van der Waals surface area contributed by atoms with Crippen LogP contribution in [0.15, 0.2) is 0 Å². The summed E-state index contributed by atoms with van der Waals surface area (Å²) >= 11 is 0. The van der Waals surface area contributed by atoms with Crippen molar-refractivity contribution in [3.05, 3.63) is 0 Å². The average Bonchev–Trinajstić information content (AvgIpc) is 2.49. The highest BCUT2D eigenvalue weighted by Crippen LogP contribution is 2.36. The Balaban J connectivity index is 6.59. The molecule has 7 nitrogen and oxygen atoms in total. The Labute approximate surface area is 174 Å². The molecule has 7 heteroatoms. The van der Waals surface area contributed by atoms with Gasteiger partial charge in [0.15, 0.2) is 11.6 Å². The Bertz CT molecular complexity index is 593. The van der Waals surface area contributed by atoms with E-state index in [1.165, 1.54) is 13.8 Å². The SMILES string of the molecule is CC(C)OC(=O)C(C)(OC(C)(C(=O)OC(C)C)C(=O)C(C)(C)C)C(=O)C(C)(C)C. The Morgan fingerprint density at radius 1 is 0.552 bits per heavy atom. The minimum Gasteiger partial charge on any atom is -0.460 e. The largest absolute Gasteiger partial charge is 0.460 e. The molecule has 168 valence electrons. The number of carbonyl (C=O) groups excluding carboxylic acids is 4. The predicted octanol–water partition coefficient (Wildman–Crippen LogP) is 3.65. The van der Waals surface area contributed by atoms with Crippen LogP contribution in [0.3, 0.4) is 0 Å². The number of rotatable bonds is 8. The lowest BCUT2D eigenvalue weighted by molar-refractivity contribution is -0.212. The van der Waals surface area contributed by atoms with E-state index < -0.39 is 57.7 Å². The number of hydrogen-bond acceptors (Lipinski definition) is 7. The van der Waals surface area contributed by atoms with Gasteiger partial charge in [0.2, 0.25) is 11.2 Å². The smallest absolute Gasteiger partial charge is 0.346 e. The number of esters is 2. The van der Waals surface area contributed by atoms with Gasteiger partial charge in [0.1, 0.15) is 0 Å². The van der Waals surface area contributed by atoms with Crippen molar-refractivity contribution in [2.75, 3.05) is 0 Å². The molecule has 0 saturated carbocycles. The Morgan fingerprint density at radius 2 is 0.793 bits per heavy atom. The molecule has 2 unspecified atom stereocenters. The van der Waals surface area contributed by atoms with Crippen LogP contribution < -0.4 is 0 Å². The van der Waals surface area contributed by atoms with E-state index in [0.29, 0.717) is 0 Å². The van der Waals surface area contributed by atoms with E-state index in [1.807, 2.05) is 0 Å². The molecule has 0 aromatic rings. The molecule has 0 aliphatic rings. The standard InChI is InChI=1S/C22H38O7/c1-13(2)27-17(25)21(11,15(23)19(5,6)7)29-22(12,16(24)20(8,9)10)18(26)28-14(3)4/h13-14H,1-12H3. The zero-order valence-electron chi connectivity index (χ0n) is 20.0. The van der Waals surface area contributed by atoms with Gasteiger partial charge in [-0.3, -0.25) is 9.59 Å². The van der Waals surface area contributed by atoms with E-state index in [9.17, 15) is 19.2 Å². The Morgan fingerprint density at radius 3 is 0.966 bits per heavy atom. The van der Waals surface area contributed by atoms with Crippen molar-refractivity contribution in [1.82, 2.24) is 0 Å². The summed E-state index contributed by atoms with van der Waals surface area (Å²) in [6, 6.07) is 0. The van der Waals surface area contributed by atoms with Crippen LogP contribution in [0.4, 0.5) is 0 Å². The second-order valence-electron chi connectivity index (χ2n) is 10.2. The van der Waals surface area contributed by atoms with Crippen LogP contribution in [-0.4, -0.2) is 46.9 Å². The van der Waals surface area contributed by atoms with Crippen molar-refractivity contribution >= 4 is 23.5 Å². The van der Waals surface area contributed by atoms with Crippen molar-refractivity contribution in [3.8, 4) is 0 Å². The fraction of sp³-hybridized carbons (Fsp3) is 0.818. The van der Waals surface area contributed by atoms with Crippen molar-refractivity contribution < 1.29 is 33.4 Å². The molecule has 0 N–H and O–H groups in total. The lowest BCUT2D eigenvalue weighted by atomic mass is 9.78. The summed E-state index contributed by atoms with van der Waals surface area (Å²) in [5, 5.41) is 0. The summed E-state index contributed by atoms with van der Waals surface area (Å²) in [5.74, 6) is -3.14. The highest BCUT2D eigenvalue weighted by atomic mass is 16.6. The summed E-state index contributed by atoms with van der Waals surface area (Å²) in [5.41, 5.74) is -6.38. The van der Waals surface area contributed by atoms with Gasteiger partial charge in [-0.25, -0.2) is 9.59 Å². The molecule has 0 fully saturated rings. The summed E-state index contributed by atoms with van der Waals surface area (Å²) in [6.07, 6.45) is -1.05. The minimum absolute atomic E-state index is 0.523. The van der Waals surface area contributed by atoms with Gasteiger partial charge in [-0.15, -0.1) is 0 Å². The van der Waals surface area contributed by atoms with Gasteiger partial charge in [0.05, 0.1) is 12.2 Å². The molecule has 0 aromatic heterocycles. The van der Waals surface area contributed by atoms with Gasteiger partial charge >= 0.3 is 11.9 Å². The number of ketones is 2. The third kappa shape index (κ3) is 6.63. The monoisotopic (exact) mass is 414 g/mol. The quantitative estimate of drug-likeness (QED) is 0.442. The number of carbonyl (C=O) groups is 4. The maximum absolute atomic E-state index is 13.2. The summed E-state index contributed by atoms with van der Waals surface area (Å²) < 4.78 is 16.4. The topological polar surface area (TPSA) is 96.0 Å². The maximum Gasteiger partial charge on any atom is 0.346 e. The van der Waals surface area contributed by atoms with Crippen molar-refractivity contribution in [2.24, 2.45) is 10.8 Å². The molecule has 0 saturated heterocycles. The molecule has 0 bridgehead atoms. The van der Waals surface area contributed by atoms with E-state index in [4.69, 9.17) is 14.2 Å². The highest BCUT2D eigenvalue weighted by molar-refractivity contribution is 6.13. The number of ether oxygens (including phenoxy) is 3. The second-order valence-corrected chi connectivity index (χ2v) is 10.2. The molecule has 2 atom stereocenters. The van der Waals surface area contributed by atoms with Crippen LogP contribution in [0.25, 0.3) is 0 Å². The van der Waals surface area contributed by atoms with Gasteiger partial charge in [-0.2, -0.15) is 0 Å². The Hall–Kier alpha value is -1.76. The molecule has 0 amide bonds. The highest BCUT2D eigenvalue weighted by Gasteiger charge is 2.59. The molecule has 0 aliphatic carbocycles. The van der Waals surface area contributed by atoms with E-state index in [0.717, 1.165) is 0 Å². The number of Topliss-reactive ketones (excluding diaryl/α,β-unsaturated/α-hetero) is 2. The maximum atomic E-state index is 13.2. The molecular weight excluding hydrogens is 376 g/mol. The van der Waals surface area contributed by atoms with Crippen LogP contribution >= 0.6 is 0 Å².